The van der Waals surface area contributed by atoms with Gasteiger partial charge >= 0.3 is 23.9 Å². The third kappa shape index (κ3) is 8.38. The second kappa shape index (κ2) is 14.7. The molecule has 1 heterocycles. The van der Waals surface area contributed by atoms with Gasteiger partial charge < -0.3 is 29.0 Å². The van der Waals surface area contributed by atoms with Crippen molar-refractivity contribution in [1.82, 2.24) is 5.32 Å². The molecule has 2 aromatic rings. The average Bonchev–Trinajstić information content (AvgIpc) is 2.94. The third-order valence-electron chi connectivity index (χ3n) is 7.33. The maximum atomic E-state index is 12.2. The normalized spacial score (nSPS) is 26.0. The first-order valence-electron chi connectivity index (χ1n) is 14.4. The van der Waals surface area contributed by atoms with Crippen molar-refractivity contribution in [2.45, 2.75) is 94.2 Å². The lowest BCUT2D eigenvalue weighted by Gasteiger charge is -2.44. The molecule has 12 heteroatoms. The summed E-state index contributed by atoms with van der Waals surface area (Å²) < 4.78 is 28.1. The smallest absolute Gasteiger partial charge is 0.303 e. The van der Waals surface area contributed by atoms with Crippen LogP contribution in [0.2, 0.25) is 0 Å². The van der Waals surface area contributed by atoms with Crippen molar-refractivity contribution in [3.63, 3.8) is 0 Å². The Morgan fingerprint density at radius 2 is 1.41 bits per heavy atom. The van der Waals surface area contributed by atoms with Gasteiger partial charge in [-0.25, -0.2) is 0 Å². The molecule has 2 aliphatic rings. The van der Waals surface area contributed by atoms with Gasteiger partial charge in [0.2, 0.25) is 5.91 Å². The van der Waals surface area contributed by atoms with E-state index >= 15 is 0 Å². The summed E-state index contributed by atoms with van der Waals surface area (Å²) in [4.78, 5) is 60.6. The van der Waals surface area contributed by atoms with Gasteiger partial charge in [0.1, 0.15) is 18.1 Å². The molecule has 1 amide bonds. The molecule has 4 rings (SSSR count). The Balaban J connectivity index is 1.67. The number of carbonyl (C=O) groups is 5. The van der Waals surface area contributed by atoms with E-state index in [0.29, 0.717) is 0 Å². The monoisotopic (exact) mass is 627 g/mol. The first kappa shape index (κ1) is 33.0. The Morgan fingerprint density at radius 3 is 2.05 bits per heavy atom. The number of rotatable bonds is 9. The molecule has 0 bridgehead atoms. The molecule has 0 aromatic heterocycles. The van der Waals surface area contributed by atoms with Gasteiger partial charge in [0, 0.05) is 45.4 Å². The highest BCUT2D eigenvalue weighted by Crippen LogP contribution is 2.43. The first-order chi connectivity index (χ1) is 20.9. The second-order valence-electron chi connectivity index (χ2n) is 10.8. The quantitative estimate of drug-likeness (QED) is 0.319. The molecule has 236 valence electrons. The van der Waals surface area contributed by atoms with Crippen molar-refractivity contribution in [2.24, 2.45) is 0 Å². The molecule has 1 saturated heterocycles. The number of fused-ring (bicyclic) bond motifs is 1. The summed E-state index contributed by atoms with van der Waals surface area (Å²) in [6, 6.07) is 15.9. The van der Waals surface area contributed by atoms with Gasteiger partial charge in [0.15, 0.2) is 18.3 Å². The van der Waals surface area contributed by atoms with Crippen LogP contribution in [0.15, 0.2) is 53.4 Å². The predicted octanol–water partition coefficient (Wildman–Crippen LogP) is 3.96. The van der Waals surface area contributed by atoms with E-state index in [1.54, 1.807) is 0 Å². The highest BCUT2D eigenvalue weighted by molar-refractivity contribution is 7.99. The Hall–Kier alpha value is -3.90. The van der Waals surface area contributed by atoms with Crippen molar-refractivity contribution in [3.8, 4) is 0 Å². The molecule has 0 radical (unpaired) electrons. The van der Waals surface area contributed by atoms with Gasteiger partial charge in [-0.15, -0.1) is 0 Å². The topological polar surface area (TPSA) is 144 Å². The van der Waals surface area contributed by atoms with E-state index in [9.17, 15) is 24.0 Å². The molecular formula is C32H37NO10S. The van der Waals surface area contributed by atoms with Crippen LogP contribution in [0.25, 0.3) is 0 Å². The van der Waals surface area contributed by atoms with Crippen molar-refractivity contribution in [2.75, 3.05) is 6.61 Å². The molecule has 0 saturated carbocycles. The van der Waals surface area contributed by atoms with Gasteiger partial charge in [0.25, 0.3) is 0 Å². The van der Waals surface area contributed by atoms with Crippen LogP contribution in [0.1, 0.15) is 76.1 Å². The number of ether oxygens (including phenoxy) is 5. The van der Waals surface area contributed by atoms with E-state index in [0.717, 1.165) is 34.4 Å². The predicted molar refractivity (Wildman–Crippen MR) is 158 cm³/mol. The van der Waals surface area contributed by atoms with E-state index in [1.807, 2.05) is 42.5 Å². The molecule has 1 fully saturated rings. The van der Waals surface area contributed by atoms with Gasteiger partial charge in [-0.3, -0.25) is 24.0 Å². The summed E-state index contributed by atoms with van der Waals surface area (Å²) >= 11 is 1.24. The number of carbonyl (C=O) groups excluding carboxylic acids is 5. The van der Waals surface area contributed by atoms with E-state index in [4.69, 9.17) is 23.7 Å². The first-order valence-corrected chi connectivity index (χ1v) is 15.2. The minimum atomic E-state index is -1.23. The Kier molecular flexibility index (Phi) is 11.0. The van der Waals surface area contributed by atoms with E-state index in [2.05, 4.69) is 11.4 Å². The van der Waals surface area contributed by atoms with E-state index in [1.165, 1.54) is 46.4 Å². The lowest BCUT2D eigenvalue weighted by molar-refractivity contribution is -0.237. The number of thioether (sulfide) groups is 1. The second-order valence-corrected chi connectivity index (χ2v) is 11.9. The molecule has 1 aliphatic carbocycles. The molecule has 5 unspecified atom stereocenters. The highest BCUT2D eigenvalue weighted by atomic mass is 32.2. The maximum Gasteiger partial charge on any atom is 0.303 e. The largest absolute Gasteiger partial charge is 0.463 e. The van der Waals surface area contributed by atoms with Gasteiger partial charge in [-0.05, 0) is 41.7 Å². The minimum absolute atomic E-state index is 0.0600. The molecule has 1 N–H and O–H groups in total. The molecular weight excluding hydrogens is 590 g/mol. The fourth-order valence-corrected chi connectivity index (χ4v) is 6.93. The van der Waals surface area contributed by atoms with Crippen LogP contribution in [0.3, 0.4) is 0 Å². The summed E-state index contributed by atoms with van der Waals surface area (Å²) in [5, 5.41) is 3.05. The number of nitrogens with one attached hydrogen (secondary N) is 1. The average molecular weight is 628 g/mol. The van der Waals surface area contributed by atoms with Gasteiger partial charge in [-0.1, -0.05) is 48.2 Å². The van der Waals surface area contributed by atoms with Crippen molar-refractivity contribution in [1.29, 1.82) is 0 Å². The number of hydrogen-bond acceptors (Lipinski definition) is 11. The highest BCUT2D eigenvalue weighted by Gasteiger charge is 2.52. The standard InChI is InChI=1S/C32H37NO10S/c1-17(34)33-27-14-13-24(25-11-6-7-12-26(25)27)22-9-8-10-23(15-22)44-32-31(42-21(5)38)30(41-20(4)37)29(40-19(3)36)28(43-32)16-39-18(2)35/h6-12,15,24,27-32H,13-14,16H2,1-5H3,(H,33,34)/t24?,27?,28?,29-,30?,31?,32+/m1/s1. The van der Waals surface area contributed by atoms with Crippen molar-refractivity contribution in [3.05, 3.63) is 65.2 Å². The third-order valence-corrected chi connectivity index (χ3v) is 8.47. The maximum absolute atomic E-state index is 12.2. The number of hydrogen-bond donors (Lipinski definition) is 1. The SMILES string of the molecule is CC(=O)NC1CCC(c2cccc(S[C@@H]3OC(COC(C)=O)[C@@H](OC(C)=O)C(OC(C)=O)C3OC(C)=O)c2)c2ccccc21. The summed E-state index contributed by atoms with van der Waals surface area (Å²) in [5.74, 6) is -2.60. The Labute approximate surface area is 260 Å². The fraction of sp³-hybridized carbons (Fsp3) is 0.469. The van der Waals surface area contributed by atoms with Gasteiger partial charge in [0.05, 0.1) is 6.04 Å². The molecule has 0 spiro atoms. The summed E-state index contributed by atoms with van der Waals surface area (Å²) in [6.07, 6.45) is -3.02. The van der Waals surface area contributed by atoms with Crippen LogP contribution in [0.5, 0.6) is 0 Å². The summed E-state index contributed by atoms with van der Waals surface area (Å²) in [7, 11) is 0. The van der Waals surface area contributed by atoms with Crippen molar-refractivity contribution < 1.29 is 47.7 Å². The fourth-order valence-electron chi connectivity index (χ4n) is 5.75. The van der Waals surface area contributed by atoms with Crippen LogP contribution >= 0.6 is 11.8 Å². The van der Waals surface area contributed by atoms with E-state index < -0.39 is 53.7 Å². The van der Waals surface area contributed by atoms with E-state index in [-0.39, 0.29) is 24.5 Å². The van der Waals surface area contributed by atoms with Crippen LogP contribution in [-0.4, -0.2) is 66.2 Å². The van der Waals surface area contributed by atoms with Crippen molar-refractivity contribution >= 4 is 41.5 Å². The zero-order valence-corrected chi connectivity index (χ0v) is 26.1. The van der Waals surface area contributed by atoms with Crippen LogP contribution < -0.4 is 5.32 Å². The number of benzene rings is 2. The lowest BCUT2D eigenvalue weighted by Crippen LogP contribution is -2.61. The van der Waals surface area contributed by atoms with Gasteiger partial charge in [-0.2, -0.15) is 0 Å². The van der Waals surface area contributed by atoms with Crippen LogP contribution in [-0.2, 0) is 47.7 Å². The Morgan fingerprint density at radius 1 is 0.773 bits per heavy atom. The molecule has 1 aliphatic heterocycles. The molecule has 2 aromatic carbocycles. The van der Waals surface area contributed by atoms with Crippen LogP contribution in [0.4, 0.5) is 0 Å². The van der Waals surface area contributed by atoms with Crippen LogP contribution in [0, 0.1) is 0 Å². The molecule has 7 atom stereocenters. The Bertz CT molecular complexity index is 1400. The summed E-state index contributed by atoms with van der Waals surface area (Å²) in [5.41, 5.74) is 2.34. The minimum Gasteiger partial charge on any atom is -0.463 e. The molecule has 11 nitrogen and oxygen atoms in total. The number of esters is 4. The lowest BCUT2D eigenvalue weighted by atomic mass is 9.77. The summed E-state index contributed by atoms with van der Waals surface area (Å²) in [6.45, 7) is 6.05. The molecule has 44 heavy (non-hydrogen) atoms. The zero-order valence-electron chi connectivity index (χ0n) is 25.3. The zero-order chi connectivity index (χ0) is 32.0. The number of amides is 1.